The van der Waals surface area contributed by atoms with Crippen LogP contribution in [0.4, 0.5) is 0 Å². The van der Waals surface area contributed by atoms with Crippen molar-refractivity contribution in [3.05, 3.63) is 47.0 Å². The Kier molecular flexibility index (Phi) is 1.56. The fraction of sp³-hybridized carbons (Fsp3) is 0. The molecule has 0 unspecified atom stereocenters. The van der Waals surface area contributed by atoms with Crippen molar-refractivity contribution in [2.75, 3.05) is 0 Å². The third-order valence-corrected chi connectivity index (χ3v) is 2.42. The summed E-state index contributed by atoms with van der Waals surface area (Å²) in [6, 6.07) is 7.75. The van der Waals surface area contributed by atoms with Gasteiger partial charge in [-0.25, -0.2) is 0 Å². The van der Waals surface area contributed by atoms with Gasteiger partial charge in [-0.15, -0.1) is 5.10 Å². The van der Waals surface area contributed by atoms with Crippen molar-refractivity contribution in [1.82, 2.24) is 15.2 Å². The van der Waals surface area contributed by atoms with Gasteiger partial charge in [0.1, 0.15) is 0 Å². The summed E-state index contributed by atoms with van der Waals surface area (Å²) >= 11 is 0. The van der Waals surface area contributed by atoms with E-state index in [2.05, 4.69) is 15.2 Å². The number of nitrogens with zero attached hydrogens (tertiary/aromatic N) is 2. The van der Waals surface area contributed by atoms with Crippen molar-refractivity contribution in [3.8, 4) is 11.3 Å². The highest BCUT2D eigenvalue weighted by Gasteiger charge is 2.11. The van der Waals surface area contributed by atoms with Crippen molar-refractivity contribution < 1.29 is 0 Å². The van der Waals surface area contributed by atoms with Crippen LogP contribution in [0, 0.1) is 0 Å². The SMILES string of the molecule is O=c1[nH]cc2ccccc2c2cnnc1-2. The molecule has 0 spiro atoms. The monoisotopic (exact) mass is 197 g/mol. The summed E-state index contributed by atoms with van der Waals surface area (Å²) in [6.07, 6.45) is 3.31. The lowest BCUT2D eigenvalue weighted by atomic mass is 10.1. The fourth-order valence-electron chi connectivity index (χ4n) is 1.70. The third-order valence-electron chi connectivity index (χ3n) is 2.42. The molecule has 1 aromatic rings. The van der Waals surface area contributed by atoms with E-state index < -0.39 is 0 Å². The molecule has 3 rings (SSSR count). The summed E-state index contributed by atoms with van der Waals surface area (Å²) in [4.78, 5) is 14.3. The minimum absolute atomic E-state index is 0.210. The number of nitrogens with one attached hydrogen (secondary N) is 1. The van der Waals surface area contributed by atoms with Crippen LogP contribution in [0.5, 0.6) is 0 Å². The van der Waals surface area contributed by atoms with E-state index in [9.17, 15) is 4.79 Å². The zero-order valence-electron chi connectivity index (χ0n) is 7.77. The van der Waals surface area contributed by atoms with E-state index in [0.717, 1.165) is 16.3 Å². The maximum absolute atomic E-state index is 11.6. The quantitative estimate of drug-likeness (QED) is 0.593. The van der Waals surface area contributed by atoms with Crippen LogP contribution in [-0.4, -0.2) is 15.2 Å². The van der Waals surface area contributed by atoms with Gasteiger partial charge in [-0.3, -0.25) is 4.79 Å². The van der Waals surface area contributed by atoms with Gasteiger partial charge in [-0.2, -0.15) is 5.10 Å². The molecule has 2 aliphatic rings. The van der Waals surface area contributed by atoms with Crippen molar-refractivity contribution in [2.45, 2.75) is 0 Å². The average Bonchev–Trinajstić information content (AvgIpc) is 2.71. The van der Waals surface area contributed by atoms with Crippen LogP contribution in [0.15, 0.2) is 41.5 Å². The standard InChI is InChI=1S/C11H7N3O/c15-11-10-9(6-13-14-10)8-4-2-1-3-7(8)5-12-11/h1-6H,(H,12,15). The molecule has 2 aliphatic heterocycles. The number of hydrogen-bond donors (Lipinski definition) is 1. The smallest absolute Gasteiger partial charge is 0.276 e. The molecule has 4 heteroatoms. The van der Waals surface area contributed by atoms with E-state index in [1.807, 2.05) is 24.3 Å². The third kappa shape index (κ3) is 1.11. The maximum atomic E-state index is 11.6. The van der Waals surface area contributed by atoms with Crippen LogP contribution in [0.25, 0.3) is 22.0 Å². The number of aromatic nitrogens is 3. The molecule has 2 heterocycles. The van der Waals surface area contributed by atoms with E-state index in [-0.39, 0.29) is 5.56 Å². The van der Waals surface area contributed by atoms with E-state index in [4.69, 9.17) is 0 Å². The van der Waals surface area contributed by atoms with Gasteiger partial charge < -0.3 is 4.98 Å². The highest BCUT2D eigenvalue weighted by Crippen LogP contribution is 2.23. The molecule has 0 aliphatic carbocycles. The summed E-state index contributed by atoms with van der Waals surface area (Å²) < 4.78 is 0. The van der Waals surface area contributed by atoms with Gasteiger partial charge in [-0.1, -0.05) is 24.3 Å². The summed E-state index contributed by atoms with van der Waals surface area (Å²) in [7, 11) is 0. The Morgan fingerprint density at radius 1 is 1.20 bits per heavy atom. The number of aromatic amines is 1. The van der Waals surface area contributed by atoms with Crippen LogP contribution in [-0.2, 0) is 0 Å². The molecule has 1 N–H and O–H groups in total. The first-order valence-corrected chi connectivity index (χ1v) is 4.58. The largest absolute Gasteiger partial charge is 0.327 e. The van der Waals surface area contributed by atoms with Gasteiger partial charge in [0, 0.05) is 11.8 Å². The van der Waals surface area contributed by atoms with Gasteiger partial charge in [0.2, 0.25) is 0 Å². The Bertz CT molecular complexity index is 659. The van der Waals surface area contributed by atoms with Crippen LogP contribution < -0.4 is 5.56 Å². The molecule has 0 radical (unpaired) electrons. The van der Waals surface area contributed by atoms with E-state index in [1.54, 1.807) is 12.4 Å². The lowest BCUT2D eigenvalue weighted by Crippen LogP contribution is -2.04. The van der Waals surface area contributed by atoms with Crippen LogP contribution in [0.3, 0.4) is 0 Å². The molecule has 15 heavy (non-hydrogen) atoms. The lowest BCUT2D eigenvalue weighted by molar-refractivity contribution is 1.08. The Hall–Kier alpha value is -2.23. The lowest BCUT2D eigenvalue weighted by Gasteiger charge is -1.93. The van der Waals surface area contributed by atoms with Crippen LogP contribution >= 0.6 is 0 Å². The Balaban J connectivity index is 2.62. The molecule has 0 amide bonds. The summed E-state index contributed by atoms with van der Waals surface area (Å²) in [6.45, 7) is 0. The molecule has 0 saturated carbocycles. The van der Waals surface area contributed by atoms with Crippen molar-refractivity contribution in [1.29, 1.82) is 0 Å². The predicted octanol–water partition coefficient (Wildman–Crippen LogP) is 1.42. The van der Waals surface area contributed by atoms with Gasteiger partial charge in [-0.05, 0) is 10.8 Å². The number of benzene rings is 1. The Morgan fingerprint density at radius 3 is 3.00 bits per heavy atom. The van der Waals surface area contributed by atoms with E-state index in [0.29, 0.717) is 5.69 Å². The average molecular weight is 197 g/mol. The second kappa shape index (κ2) is 2.88. The van der Waals surface area contributed by atoms with Crippen molar-refractivity contribution in [3.63, 3.8) is 0 Å². The fourth-order valence-corrected chi connectivity index (χ4v) is 1.70. The predicted molar refractivity (Wildman–Crippen MR) is 56.8 cm³/mol. The number of rotatable bonds is 0. The summed E-state index contributed by atoms with van der Waals surface area (Å²) in [5.74, 6) is 0. The van der Waals surface area contributed by atoms with Crippen molar-refractivity contribution in [2.24, 2.45) is 0 Å². The molecule has 0 saturated heterocycles. The first kappa shape index (κ1) is 8.11. The first-order chi connectivity index (χ1) is 7.36. The summed E-state index contributed by atoms with van der Waals surface area (Å²) in [5.41, 5.74) is 0.965. The molecule has 4 nitrogen and oxygen atoms in total. The van der Waals surface area contributed by atoms with Crippen LogP contribution in [0.1, 0.15) is 0 Å². The van der Waals surface area contributed by atoms with Crippen LogP contribution in [0.2, 0.25) is 0 Å². The van der Waals surface area contributed by atoms with Gasteiger partial charge in [0.05, 0.1) is 6.20 Å². The number of fused-ring (bicyclic) bond motifs is 3. The molecule has 0 bridgehead atoms. The minimum atomic E-state index is -0.210. The second-order valence-electron chi connectivity index (χ2n) is 3.31. The van der Waals surface area contributed by atoms with E-state index >= 15 is 0 Å². The van der Waals surface area contributed by atoms with Gasteiger partial charge in [0.15, 0.2) is 5.69 Å². The van der Waals surface area contributed by atoms with Crippen molar-refractivity contribution >= 4 is 10.8 Å². The molecule has 0 fully saturated rings. The summed E-state index contributed by atoms with van der Waals surface area (Å²) in [5, 5.41) is 9.54. The number of H-pyrrole nitrogens is 1. The molecular weight excluding hydrogens is 190 g/mol. The molecule has 1 aromatic carbocycles. The highest BCUT2D eigenvalue weighted by atomic mass is 16.1. The Morgan fingerprint density at radius 2 is 2.07 bits per heavy atom. The normalized spacial score (nSPS) is 10.9. The molecule has 72 valence electrons. The number of hydrogen-bond acceptors (Lipinski definition) is 3. The molecule has 0 aromatic heterocycles. The Labute approximate surface area is 84.9 Å². The molecule has 0 atom stereocenters. The molecular formula is C11H7N3O. The maximum Gasteiger partial charge on any atom is 0.276 e. The highest BCUT2D eigenvalue weighted by molar-refractivity contribution is 5.94. The minimum Gasteiger partial charge on any atom is -0.327 e. The van der Waals surface area contributed by atoms with Gasteiger partial charge >= 0.3 is 0 Å². The zero-order chi connectivity index (χ0) is 10.3. The van der Waals surface area contributed by atoms with Gasteiger partial charge in [0.25, 0.3) is 5.56 Å². The van der Waals surface area contributed by atoms with E-state index in [1.165, 1.54) is 0 Å². The topological polar surface area (TPSA) is 58.6 Å². The zero-order valence-corrected chi connectivity index (χ0v) is 7.77. The first-order valence-electron chi connectivity index (χ1n) is 4.58. The second-order valence-corrected chi connectivity index (χ2v) is 3.31.